The fourth-order valence-electron chi connectivity index (χ4n) is 2.22. The van der Waals surface area contributed by atoms with Gasteiger partial charge in [-0.25, -0.2) is 0 Å². The summed E-state index contributed by atoms with van der Waals surface area (Å²) in [6, 6.07) is 9.34. The van der Waals surface area contributed by atoms with Gasteiger partial charge in [-0.05, 0) is 38.8 Å². The van der Waals surface area contributed by atoms with Gasteiger partial charge >= 0.3 is 0 Å². The van der Waals surface area contributed by atoms with Gasteiger partial charge in [0.2, 0.25) is 0 Å². The Morgan fingerprint density at radius 3 is 2.47 bits per heavy atom. The molecule has 1 amide bonds. The second kappa shape index (κ2) is 5.61. The molecular weight excluding hydrogens is 242 g/mol. The molecule has 1 aliphatic rings. The molecule has 1 saturated heterocycles. The Balaban J connectivity index is 1.89. The Labute approximate surface area is 114 Å². The Hall–Kier alpha value is -1.55. The van der Waals surface area contributed by atoms with Gasteiger partial charge in [-0.3, -0.25) is 4.79 Å². The molecule has 0 saturated carbocycles. The van der Waals surface area contributed by atoms with E-state index in [0.717, 1.165) is 0 Å². The van der Waals surface area contributed by atoms with Crippen LogP contribution in [0.15, 0.2) is 30.3 Å². The van der Waals surface area contributed by atoms with Gasteiger partial charge in [-0.15, -0.1) is 0 Å². The average molecular weight is 263 g/mol. The number of hydrogen-bond donors (Lipinski definition) is 1. The second-order valence-corrected chi connectivity index (χ2v) is 5.40. The Bertz CT molecular complexity index is 420. The van der Waals surface area contributed by atoms with Crippen LogP contribution in [-0.2, 0) is 4.79 Å². The van der Waals surface area contributed by atoms with E-state index < -0.39 is 11.7 Å². The predicted octanol–water partition coefficient (Wildman–Crippen LogP) is 1.83. The summed E-state index contributed by atoms with van der Waals surface area (Å²) < 4.78 is 5.63. The van der Waals surface area contributed by atoms with E-state index >= 15 is 0 Å². The zero-order valence-corrected chi connectivity index (χ0v) is 11.5. The molecule has 1 aromatic rings. The number of rotatable bonds is 3. The fraction of sp³-hybridized carbons (Fsp3) is 0.533. The molecule has 4 heteroatoms. The molecule has 1 N–H and O–H groups in total. The number of para-hydroxylation sites is 1. The highest BCUT2D eigenvalue weighted by atomic mass is 16.5. The summed E-state index contributed by atoms with van der Waals surface area (Å²) in [5, 5.41) is 9.88. The highest BCUT2D eigenvalue weighted by Crippen LogP contribution is 2.22. The van der Waals surface area contributed by atoms with Crippen molar-refractivity contribution in [1.82, 2.24) is 4.90 Å². The summed E-state index contributed by atoms with van der Waals surface area (Å²) in [6.07, 6.45) is 0.749. The summed E-state index contributed by atoms with van der Waals surface area (Å²) in [7, 11) is 0. The maximum Gasteiger partial charge on any atom is 0.263 e. The first-order valence-corrected chi connectivity index (χ1v) is 6.71. The van der Waals surface area contributed by atoms with Crippen LogP contribution in [-0.4, -0.2) is 40.7 Å². The van der Waals surface area contributed by atoms with Crippen LogP contribution in [0, 0.1) is 0 Å². The molecule has 1 atom stereocenters. The van der Waals surface area contributed by atoms with Gasteiger partial charge in [0.1, 0.15) is 5.75 Å². The number of ether oxygens (including phenoxy) is 1. The number of carbonyl (C=O) groups excluding carboxylic acids is 1. The third-order valence-electron chi connectivity index (χ3n) is 3.56. The number of aliphatic hydroxyl groups is 1. The first kappa shape index (κ1) is 13.9. The van der Waals surface area contributed by atoms with E-state index in [4.69, 9.17) is 4.74 Å². The smallest absolute Gasteiger partial charge is 0.263 e. The molecule has 0 radical (unpaired) electrons. The van der Waals surface area contributed by atoms with Gasteiger partial charge in [-0.1, -0.05) is 18.2 Å². The van der Waals surface area contributed by atoms with Crippen molar-refractivity contribution >= 4 is 5.91 Å². The first-order chi connectivity index (χ1) is 8.98. The number of likely N-dealkylation sites (tertiary alicyclic amines) is 1. The van der Waals surface area contributed by atoms with Crippen LogP contribution in [0.25, 0.3) is 0 Å². The minimum absolute atomic E-state index is 0.0145. The lowest BCUT2D eigenvalue weighted by Gasteiger charge is -2.36. The lowest BCUT2D eigenvalue weighted by atomic mass is 9.93. The van der Waals surface area contributed by atoms with Crippen molar-refractivity contribution < 1.29 is 14.6 Å². The molecule has 0 bridgehead atoms. The van der Waals surface area contributed by atoms with E-state index in [2.05, 4.69) is 0 Å². The van der Waals surface area contributed by atoms with Gasteiger partial charge in [0, 0.05) is 13.1 Å². The summed E-state index contributed by atoms with van der Waals surface area (Å²) in [5.41, 5.74) is -0.639. The largest absolute Gasteiger partial charge is 0.481 e. The number of nitrogens with zero attached hydrogens (tertiary/aromatic N) is 1. The minimum Gasteiger partial charge on any atom is -0.481 e. The Morgan fingerprint density at radius 2 is 1.89 bits per heavy atom. The van der Waals surface area contributed by atoms with E-state index in [0.29, 0.717) is 31.7 Å². The van der Waals surface area contributed by atoms with E-state index in [-0.39, 0.29) is 5.91 Å². The summed E-state index contributed by atoms with van der Waals surface area (Å²) in [6.45, 7) is 4.77. The molecule has 0 aliphatic carbocycles. The Kier molecular flexibility index (Phi) is 4.10. The van der Waals surface area contributed by atoms with Crippen molar-refractivity contribution in [3.8, 4) is 5.75 Å². The third kappa shape index (κ3) is 3.70. The van der Waals surface area contributed by atoms with Crippen LogP contribution < -0.4 is 4.74 Å². The minimum atomic E-state index is -0.639. The lowest BCUT2D eigenvalue weighted by Crippen LogP contribution is -2.48. The summed E-state index contributed by atoms with van der Waals surface area (Å²) >= 11 is 0. The first-order valence-electron chi connectivity index (χ1n) is 6.71. The monoisotopic (exact) mass is 263 g/mol. The highest BCUT2D eigenvalue weighted by molar-refractivity contribution is 5.81. The summed E-state index contributed by atoms with van der Waals surface area (Å²) in [4.78, 5) is 14.0. The summed E-state index contributed by atoms with van der Waals surface area (Å²) in [5.74, 6) is 0.687. The molecule has 1 unspecified atom stereocenters. The van der Waals surface area contributed by atoms with E-state index in [9.17, 15) is 9.90 Å². The maximum atomic E-state index is 12.2. The van der Waals surface area contributed by atoms with Crippen LogP contribution >= 0.6 is 0 Å². The topological polar surface area (TPSA) is 49.8 Å². The average Bonchev–Trinajstić information content (AvgIpc) is 2.39. The molecule has 19 heavy (non-hydrogen) atoms. The molecule has 1 heterocycles. The van der Waals surface area contributed by atoms with E-state index in [1.165, 1.54) is 0 Å². The lowest BCUT2D eigenvalue weighted by molar-refractivity contribution is -0.141. The number of benzene rings is 1. The van der Waals surface area contributed by atoms with Crippen LogP contribution in [0.1, 0.15) is 26.7 Å². The van der Waals surface area contributed by atoms with Crippen molar-refractivity contribution in [2.75, 3.05) is 13.1 Å². The number of carbonyl (C=O) groups is 1. The van der Waals surface area contributed by atoms with E-state index in [1.807, 2.05) is 37.3 Å². The van der Waals surface area contributed by atoms with Crippen LogP contribution in [0.5, 0.6) is 5.75 Å². The predicted molar refractivity (Wildman–Crippen MR) is 73.0 cm³/mol. The van der Waals surface area contributed by atoms with Crippen molar-refractivity contribution in [1.29, 1.82) is 0 Å². The maximum absolute atomic E-state index is 12.2. The number of amides is 1. The van der Waals surface area contributed by atoms with Crippen molar-refractivity contribution in [3.05, 3.63) is 30.3 Å². The molecule has 4 nitrogen and oxygen atoms in total. The van der Waals surface area contributed by atoms with Crippen molar-refractivity contribution in [2.24, 2.45) is 0 Å². The van der Waals surface area contributed by atoms with Crippen LogP contribution in [0.2, 0.25) is 0 Å². The quantitative estimate of drug-likeness (QED) is 0.905. The fourth-order valence-corrected chi connectivity index (χ4v) is 2.22. The van der Waals surface area contributed by atoms with Crippen LogP contribution in [0.3, 0.4) is 0 Å². The number of hydrogen-bond acceptors (Lipinski definition) is 3. The van der Waals surface area contributed by atoms with E-state index in [1.54, 1.807) is 11.8 Å². The van der Waals surface area contributed by atoms with Gasteiger partial charge in [0.15, 0.2) is 6.10 Å². The second-order valence-electron chi connectivity index (χ2n) is 5.40. The van der Waals surface area contributed by atoms with Crippen molar-refractivity contribution in [3.63, 3.8) is 0 Å². The zero-order chi connectivity index (χ0) is 13.9. The van der Waals surface area contributed by atoms with Gasteiger partial charge in [0.05, 0.1) is 5.60 Å². The zero-order valence-electron chi connectivity index (χ0n) is 11.5. The Morgan fingerprint density at radius 1 is 1.32 bits per heavy atom. The molecule has 104 valence electrons. The standard InChI is InChI=1S/C15H21NO3/c1-12(19-13-6-4-3-5-7-13)14(17)16-10-8-15(2,18)9-11-16/h3-7,12,18H,8-11H2,1-2H3. The molecule has 2 rings (SSSR count). The molecule has 1 aromatic carbocycles. The van der Waals surface area contributed by atoms with Gasteiger partial charge in [0.25, 0.3) is 5.91 Å². The number of piperidine rings is 1. The molecular formula is C15H21NO3. The molecule has 0 spiro atoms. The third-order valence-corrected chi connectivity index (χ3v) is 3.56. The van der Waals surface area contributed by atoms with Gasteiger partial charge < -0.3 is 14.7 Å². The van der Waals surface area contributed by atoms with Crippen molar-refractivity contribution in [2.45, 2.75) is 38.4 Å². The molecule has 0 aromatic heterocycles. The van der Waals surface area contributed by atoms with Crippen LogP contribution in [0.4, 0.5) is 0 Å². The highest BCUT2D eigenvalue weighted by Gasteiger charge is 2.31. The SMILES string of the molecule is CC(Oc1ccccc1)C(=O)N1CCC(C)(O)CC1. The normalized spacial score (nSPS) is 19.8. The molecule has 1 fully saturated rings. The van der Waals surface area contributed by atoms with Gasteiger partial charge in [-0.2, -0.15) is 0 Å². The molecule has 1 aliphatic heterocycles.